The van der Waals surface area contributed by atoms with E-state index in [1.54, 1.807) is 30.5 Å². The summed E-state index contributed by atoms with van der Waals surface area (Å²) in [5.74, 6) is 0.360. The Bertz CT molecular complexity index is 1150. The number of nitrogens with zero attached hydrogens (tertiary/aromatic N) is 2. The van der Waals surface area contributed by atoms with Gasteiger partial charge >= 0.3 is 0 Å². The van der Waals surface area contributed by atoms with E-state index in [1.807, 2.05) is 18.2 Å². The minimum absolute atomic E-state index is 0.101. The first-order valence-electron chi connectivity index (χ1n) is 8.14. The predicted molar refractivity (Wildman–Crippen MR) is 105 cm³/mol. The van der Waals surface area contributed by atoms with E-state index in [1.165, 1.54) is 22.2 Å². The first-order chi connectivity index (χ1) is 13.1. The lowest BCUT2D eigenvalue weighted by Gasteiger charge is -2.05. The number of carbonyl (C=O) groups excluding carboxylic acids is 1. The number of furan rings is 1. The quantitative estimate of drug-likeness (QED) is 0.555. The molecule has 136 valence electrons. The fourth-order valence-electron chi connectivity index (χ4n) is 2.62. The van der Waals surface area contributed by atoms with Crippen LogP contribution in [-0.4, -0.2) is 15.5 Å². The van der Waals surface area contributed by atoms with E-state index < -0.39 is 0 Å². The molecule has 0 bridgehead atoms. The summed E-state index contributed by atoms with van der Waals surface area (Å²) < 4.78 is 6.99. The van der Waals surface area contributed by atoms with Gasteiger partial charge in [0.05, 0.1) is 24.7 Å². The highest BCUT2D eigenvalue weighted by molar-refractivity contribution is 7.22. The standard InChI is InChI=1S/C19H14ClN3O3S/c20-13-5-3-12(4-6-13)16-8-15-18(27-16)19(25)23(11-22-15)10-17(24)21-9-14-2-1-7-26-14/h1-8,11H,9-10H2,(H,21,24). The van der Waals surface area contributed by atoms with Crippen molar-refractivity contribution in [3.8, 4) is 10.4 Å². The van der Waals surface area contributed by atoms with Gasteiger partial charge in [-0.05, 0) is 35.9 Å². The lowest BCUT2D eigenvalue weighted by molar-refractivity contribution is -0.122. The van der Waals surface area contributed by atoms with Crippen molar-refractivity contribution in [3.05, 3.63) is 76.2 Å². The van der Waals surface area contributed by atoms with Crippen LogP contribution in [0.25, 0.3) is 20.7 Å². The van der Waals surface area contributed by atoms with Crippen LogP contribution in [0.4, 0.5) is 0 Å². The van der Waals surface area contributed by atoms with Crippen LogP contribution in [0.15, 0.2) is 64.3 Å². The van der Waals surface area contributed by atoms with Crippen LogP contribution in [0.2, 0.25) is 5.02 Å². The van der Waals surface area contributed by atoms with Crippen molar-refractivity contribution in [2.45, 2.75) is 13.1 Å². The van der Waals surface area contributed by atoms with Gasteiger partial charge in [0.15, 0.2) is 0 Å². The van der Waals surface area contributed by atoms with Gasteiger partial charge in [-0.25, -0.2) is 4.98 Å². The first-order valence-corrected chi connectivity index (χ1v) is 9.33. The molecule has 0 spiro atoms. The van der Waals surface area contributed by atoms with Gasteiger partial charge in [0.2, 0.25) is 5.91 Å². The number of rotatable bonds is 5. The van der Waals surface area contributed by atoms with Crippen molar-refractivity contribution in [1.29, 1.82) is 0 Å². The number of halogens is 1. The van der Waals surface area contributed by atoms with Gasteiger partial charge in [0, 0.05) is 9.90 Å². The number of amides is 1. The van der Waals surface area contributed by atoms with Gasteiger partial charge in [0.25, 0.3) is 5.56 Å². The molecule has 4 rings (SSSR count). The summed E-state index contributed by atoms with van der Waals surface area (Å²) in [6.07, 6.45) is 2.94. The van der Waals surface area contributed by atoms with E-state index in [-0.39, 0.29) is 24.6 Å². The molecule has 0 unspecified atom stereocenters. The van der Waals surface area contributed by atoms with Gasteiger partial charge in [-0.1, -0.05) is 23.7 Å². The highest BCUT2D eigenvalue weighted by Crippen LogP contribution is 2.31. The van der Waals surface area contributed by atoms with Crippen molar-refractivity contribution in [3.63, 3.8) is 0 Å². The fourth-order valence-corrected chi connectivity index (χ4v) is 3.81. The van der Waals surface area contributed by atoms with Crippen LogP contribution in [0, 0.1) is 0 Å². The van der Waals surface area contributed by atoms with E-state index in [4.69, 9.17) is 16.0 Å². The summed E-state index contributed by atoms with van der Waals surface area (Å²) in [6, 6.07) is 12.8. The minimum Gasteiger partial charge on any atom is -0.467 e. The summed E-state index contributed by atoms with van der Waals surface area (Å²) in [7, 11) is 0. The molecule has 8 heteroatoms. The predicted octanol–water partition coefficient (Wildman–Crippen LogP) is 3.69. The summed E-state index contributed by atoms with van der Waals surface area (Å²) in [5.41, 5.74) is 1.34. The third-order valence-corrected chi connectivity index (χ3v) is 5.40. The average Bonchev–Trinajstić information content (AvgIpc) is 3.33. The molecule has 1 aromatic carbocycles. The van der Waals surface area contributed by atoms with Crippen LogP contribution in [0.3, 0.4) is 0 Å². The van der Waals surface area contributed by atoms with Crippen molar-refractivity contribution in [2.24, 2.45) is 0 Å². The molecule has 0 aliphatic rings. The largest absolute Gasteiger partial charge is 0.467 e. The fraction of sp³-hybridized carbons (Fsp3) is 0.105. The molecule has 0 aliphatic carbocycles. The Morgan fingerprint density at radius 2 is 2.07 bits per heavy atom. The van der Waals surface area contributed by atoms with Crippen molar-refractivity contribution in [1.82, 2.24) is 14.9 Å². The second-order valence-electron chi connectivity index (χ2n) is 5.87. The second-order valence-corrected chi connectivity index (χ2v) is 7.35. The number of fused-ring (bicyclic) bond motifs is 1. The molecule has 0 fully saturated rings. The van der Waals surface area contributed by atoms with E-state index in [9.17, 15) is 9.59 Å². The average molecular weight is 400 g/mol. The zero-order valence-electron chi connectivity index (χ0n) is 14.0. The first kappa shape index (κ1) is 17.5. The van der Waals surface area contributed by atoms with Crippen LogP contribution in [0.1, 0.15) is 5.76 Å². The van der Waals surface area contributed by atoms with Crippen LogP contribution in [-0.2, 0) is 17.9 Å². The highest BCUT2D eigenvalue weighted by Gasteiger charge is 2.12. The molecule has 0 radical (unpaired) electrons. The Labute approximate surface area is 163 Å². The molecule has 4 aromatic rings. The summed E-state index contributed by atoms with van der Waals surface area (Å²) >= 11 is 7.27. The molecule has 0 saturated heterocycles. The van der Waals surface area contributed by atoms with Gasteiger partial charge < -0.3 is 9.73 Å². The van der Waals surface area contributed by atoms with Crippen LogP contribution in [0.5, 0.6) is 0 Å². The lowest BCUT2D eigenvalue weighted by Crippen LogP contribution is -2.31. The number of hydrogen-bond acceptors (Lipinski definition) is 5. The van der Waals surface area contributed by atoms with E-state index in [0.717, 1.165) is 10.4 Å². The molecule has 0 atom stereocenters. The smallest absolute Gasteiger partial charge is 0.271 e. The molecule has 0 aliphatic heterocycles. The molecule has 6 nitrogen and oxygen atoms in total. The van der Waals surface area contributed by atoms with Crippen LogP contribution >= 0.6 is 22.9 Å². The highest BCUT2D eigenvalue weighted by atomic mass is 35.5. The maximum Gasteiger partial charge on any atom is 0.271 e. The Morgan fingerprint density at radius 3 is 2.81 bits per heavy atom. The number of hydrogen-bond donors (Lipinski definition) is 1. The number of aromatic nitrogens is 2. The zero-order chi connectivity index (χ0) is 18.8. The SMILES string of the molecule is O=C(Cn1cnc2cc(-c3ccc(Cl)cc3)sc2c1=O)NCc1ccco1. The second kappa shape index (κ2) is 7.38. The van der Waals surface area contributed by atoms with Gasteiger partial charge in [-0.3, -0.25) is 14.2 Å². The van der Waals surface area contributed by atoms with Crippen molar-refractivity contribution < 1.29 is 9.21 Å². The van der Waals surface area contributed by atoms with E-state index in [2.05, 4.69) is 10.3 Å². The number of nitrogens with one attached hydrogen (secondary N) is 1. The Balaban J connectivity index is 1.55. The van der Waals surface area contributed by atoms with Gasteiger partial charge in [0.1, 0.15) is 17.0 Å². The van der Waals surface area contributed by atoms with Gasteiger partial charge in [-0.15, -0.1) is 11.3 Å². The molecule has 0 saturated carbocycles. The number of benzene rings is 1. The molecule has 1 amide bonds. The Hall–Kier alpha value is -2.90. The topological polar surface area (TPSA) is 77.1 Å². The third-order valence-electron chi connectivity index (χ3n) is 3.99. The van der Waals surface area contributed by atoms with E-state index in [0.29, 0.717) is 21.0 Å². The van der Waals surface area contributed by atoms with Crippen molar-refractivity contribution >= 4 is 39.1 Å². The maximum atomic E-state index is 12.7. The zero-order valence-corrected chi connectivity index (χ0v) is 15.6. The molecule has 3 heterocycles. The molecule has 3 aromatic heterocycles. The lowest BCUT2D eigenvalue weighted by atomic mass is 10.2. The summed E-state index contributed by atoms with van der Waals surface area (Å²) in [6.45, 7) is 0.173. The number of carbonyl (C=O) groups is 1. The third kappa shape index (κ3) is 3.79. The van der Waals surface area contributed by atoms with E-state index >= 15 is 0 Å². The molecular formula is C19H14ClN3O3S. The van der Waals surface area contributed by atoms with Crippen molar-refractivity contribution in [2.75, 3.05) is 0 Å². The Morgan fingerprint density at radius 1 is 1.26 bits per heavy atom. The number of thiophene rings is 1. The Kier molecular flexibility index (Phi) is 4.79. The van der Waals surface area contributed by atoms with Crippen LogP contribution < -0.4 is 10.9 Å². The minimum atomic E-state index is -0.288. The molecule has 27 heavy (non-hydrogen) atoms. The summed E-state index contributed by atoms with van der Waals surface area (Å²) in [5, 5.41) is 3.37. The van der Waals surface area contributed by atoms with Gasteiger partial charge in [-0.2, -0.15) is 0 Å². The normalized spacial score (nSPS) is 11.0. The monoisotopic (exact) mass is 399 g/mol. The molecular weight excluding hydrogens is 386 g/mol. The maximum absolute atomic E-state index is 12.7. The molecule has 1 N–H and O–H groups in total. The summed E-state index contributed by atoms with van der Waals surface area (Å²) in [4.78, 5) is 30.1.